The molecule has 0 unspecified atom stereocenters. The molecule has 4 saturated carbocycles. The van der Waals surface area contributed by atoms with Gasteiger partial charge in [-0.25, -0.2) is 0 Å². The van der Waals surface area contributed by atoms with Gasteiger partial charge in [-0.2, -0.15) is 0 Å². The Kier molecular flexibility index (Phi) is 5.20. The molecule has 0 heterocycles. The Balaban J connectivity index is 1.52. The number of carbonyl (C=O) groups excluding carboxylic acids is 2. The van der Waals surface area contributed by atoms with Gasteiger partial charge in [0.2, 0.25) is 0 Å². The lowest BCUT2D eigenvalue weighted by Crippen LogP contribution is -2.54. The molecule has 0 aromatic rings. The zero-order valence-corrected chi connectivity index (χ0v) is 18.6. The Morgan fingerprint density at radius 1 is 0.893 bits per heavy atom. The van der Waals surface area contributed by atoms with E-state index >= 15 is 0 Å². The minimum absolute atomic E-state index is 0.118. The van der Waals surface area contributed by atoms with E-state index in [0.717, 1.165) is 30.6 Å². The van der Waals surface area contributed by atoms with Crippen molar-refractivity contribution in [2.75, 3.05) is 0 Å². The van der Waals surface area contributed by atoms with E-state index in [1.807, 2.05) is 0 Å². The SMILES string of the molecule is CC(=O)O[C@H]1CC[C@@]2(C)[C@@H](CC[C@@H]3[C@@H]2CC[C@]2(C)[C@@H]([C@H](C)C(C)=O)CC[C@@H]32)C1. The minimum atomic E-state index is -0.118. The lowest BCUT2D eigenvalue weighted by molar-refractivity contribution is -0.160. The van der Waals surface area contributed by atoms with Gasteiger partial charge in [-0.15, -0.1) is 0 Å². The molecule has 4 rings (SSSR count). The maximum absolute atomic E-state index is 12.1. The van der Waals surface area contributed by atoms with Gasteiger partial charge in [0.1, 0.15) is 11.9 Å². The van der Waals surface area contributed by atoms with Gasteiger partial charge in [-0.3, -0.25) is 9.59 Å². The molecule has 0 amide bonds. The molecule has 28 heavy (non-hydrogen) atoms. The fraction of sp³-hybridized carbons (Fsp3) is 0.920. The normalized spacial score (nSPS) is 48.8. The van der Waals surface area contributed by atoms with E-state index < -0.39 is 0 Å². The zero-order valence-electron chi connectivity index (χ0n) is 18.6. The summed E-state index contributed by atoms with van der Waals surface area (Å²) >= 11 is 0. The number of esters is 1. The predicted molar refractivity (Wildman–Crippen MR) is 111 cm³/mol. The number of ether oxygens (including phenoxy) is 1. The smallest absolute Gasteiger partial charge is 0.302 e. The molecule has 0 saturated heterocycles. The second-order valence-electron chi connectivity index (χ2n) is 11.3. The third kappa shape index (κ3) is 3.06. The monoisotopic (exact) mass is 388 g/mol. The average Bonchev–Trinajstić information content (AvgIpc) is 2.98. The van der Waals surface area contributed by atoms with Crippen LogP contribution in [0.25, 0.3) is 0 Å². The molecule has 0 bridgehead atoms. The van der Waals surface area contributed by atoms with E-state index in [0.29, 0.717) is 28.4 Å². The summed E-state index contributed by atoms with van der Waals surface area (Å²) in [6.45, 7) is 10.6. The Morgan fingerprint density at radius 3 is 2.25 bits per heavy atom. The predicted octanol–water partition coefficient (Wildman–Crippen LogP) is 5.80. The molecule has 0 N–H and O–H groups in total. The topological polar surface area (TPSA) is 43.4 Å². The lowest BCUT2D eigenvalue weighted by Gasteiger charge is -2.61. The quantitative estimate of drug-likeness (QED) is 0.574. The first kappa shape index (κ1) is 20.4. The second kappa shape index (κ2) is 7.13. The number of rotatable bonds is 3. The Hall–Kier alpha value is -0.860. The van der Waals surface area contributed by atoms with Crippen LogP contribution >= 0.6 is 0 Å². The van der Waals surface area contributed by atoms with Gasteiger partial charge >= 0.3 is 5.97 Å². The summed E-state index contributed by atoms with van der Waals surface area (Å²) in [6.07, 6.45) is 11.3. The van der Waals surface area contributed by atoms with Crippen LogP contribution in [0.1, 0.15) is 92.4 Å². The Morgan fingerprint density at radius 2 is 1.57 bits per heavy atom. The van der Waals surface area contributed by atoms with Crippen LogP contribution in [-0.2, 0) is 14.3 Å². The lowest BCUT2D eigenvalue weighted by atomic mass is 9.44. The van der Waals surface area contributed by atoms with Crippen molar-refractivity contribution in [1.29, 1.82) is 0 Å². The van der Waals surface area contributed by atoms with E-state index in [2.05, 4.69) is 20.8 Å². The molecular weight excluding hydrogens is 348 g/mol. The summed E-state index contributed by atoms with van der Waals surface area (Å²) < 4.78 is 5.60. The van der Waals surface area contributed by atoms with Crippen molar-refractivity contribution in [3.05, 3.63) is 0 Å². The first-order valence-corrected chi connectivity index (χ1v) is 11.8. The van der Waals surface area contributed by atoms with E-state index in [-0.39, 0.29) is 18.0 Å². The highest BCUT2D eigenvalue weighted by Gasteiger charge is 2.61. The van der Waals surface area contributed by atoms with Crippen molar-refractivity contribution in [3.8, 4) is 0 Å². The van der Waals surface area contributed by atoms with E-state index in [1.165, 1.54) is 44.9 Å². The molecule has 158 valence electrons. The number of hydrogen-bond donors (Lipinski definition) is 0. The molecule has 0 aromatic heterocycles. The fourth-order valence-electron chi connectivity index (χ4n) is 8.71. The summed E-state index contributed by atoms with van der Waals surface area (Å²) in [6, 6.07) is 0. The summed E-state index contributed by atoms with van der Waals surface area (Å²) in [5.41, 5.74) is 0.787. The maximum atomic E-state index is 12.1. The highest BCUT2D eigenvalue weighted by Crippen LogP contribution is 2.68. The van der Waals surface area contributed by atoms with E-state index in [9.17, 15) is 9.59 Å². The standard InChI is InChI=1S/C25H40O3/c1-15(16(2)26)21-8-9-22-20-7-6-18-14-19(28-17(3)27)10-12-24(18,4)23(20)11-13-25(21,22)5/h15,18-23H,6-14H2,1-5H3/t15-,18+,19+,20+,21-,22+,23+,24+,25-/m1/s1. The molecule has 4 aliphatic rings. The summed E-state index contributed by atoms with van der Waals surface area (Å²) in [4.78, 5) is 23.6. The van der Waals surface area contributed by atoms with Crippen molar-refractivity contribution in [2.45, 2.75) is 98.5 Å². The number of ketones is 1. The molecule has 0 spiro atoms. The van der Waals surface area contributed by atoms with Gasteiger partial charge in [-0.05, 0) is 105 Å². The van der Waals surface area contributed by atoms with Crippen LogP contribution in [0.5, 0.6) is 0 Å². The number of Topliss-reactive ketones (excluding diaryl/α,β-unsaturated/α-hetero) is 1. The fourth-order valence-corrected chi connectivity index (χ4v) is 8.71. The summed E-state index contributed by atoms with van der Waals surface area (Å²) in [7, 11) is 0. The van der Waals surface area contributed by atoms with E-state index in [4.69, 9.17) is 4.74 Å². The average molecular weight is 389 g/mol. The maximum Gasteiger partial charge on any atom is 0.302 e. The van der Waals surface area contributed by atoms with Crippen molar-refractivity contribution >= 4 is 11.8 Å². The van der Waals surface area contributed by atoms with Gasteiger partial charge in [0.25, 0.3) is 0 Å². The van der Waals surface area contributed by atoms with Gasteiger partial charge < -0.3 is 4.74 Å². The third-order valence-electron chi connectivity index (χ3n) is 10.3. The number of hydrogen-bond acceptors (Lipinski definition) is 3. The van der Waals surface area contributed by atoms with Crippen LogP contribution in [0.3, 0.4) is 0 Å². The third-order valence-corrected chi connectivity index (χ3v) is 10.3. The van der Waals surface area contributed by atoms with Gasteiger partial charge in [0.15, 0.2) is 0 Å². The molecular formula is C25H40O3. The van der Waals surface area contributed by atoms with Crippen LogP contribution in [0, 0.1) is 46.3 Å². The molecule has 3 heteroatoms. The largest absolute Gasteiger partial charge is 0.463 e. The number of carbonyl (C=O) groups is 2. The Labute approximate surface area is 171 Å². The molecule has 4 fully saturated rings. The summed E-state index contributed by atoms with van der Waals surface area (Å²) in [5.74, 6) is 4.26. The van der Waals surface area contributed by atoms with Gasteiger partial charge in [-0.1, -0.05) is 20.8 Å². The first-order valence-electron chi connectivity index (χ1n) is 11.8. The molecule has 9 atom stereocenters. The molecule has 0 aromatic carbocycles. The minimum Gasteiger partial charge on any atom is -0.463 e. The zero-order chi connectivity index (χ0) is 20.3. The van der Waals surface area contributed by atoms with Crippen molar-refractivity contribution in [2.24, 2.45) is 46.3 Å². The molecule has 3 nitrogen and oxygen atoms in total. The van der Waals surface area contributed by atoms with Crippen LogP contribution in [0.4, 0.5) is 0 Å². The van der Waals surface area contributed by atoms with Crippen molar-refractivity contribution < 1.29 is 14.3 Å². The molecule has 0 aliphatic heterocycles. The van der Waals surface area contributed by atoms with Crippen LogP contribution < -0.4 is 0 Å². The van der Waals surface area contributed by atoms with E-state index in [1.54, 1.807) is 13.8 Å². The second-order valence-corrected chi connectivity index (χ2v) is 11.3. The first-order chi connectivity index (χ1) is 13.2. The van der Waals surface area contributed by atoms with Crippen molar-refractivity contribution in [3.63, 3.8) is 0 Å². The molecule has 0 radical (unpaired) electrons. The Bertz CT molecular complexity index is 642. The van der Waals surface area contributed by atoms with Gasteiger partial charge in [0.05, 0.1) is 0 Å². The highest BCUT2D eigenvalue weighted by molar-refractivity contribution is 5.78. The highest BCUT2D eigenvalue weighted by atomic mass is 16.5. The number of fused-ring (bicyclic) bond motifs is 5. The van der Waals surface area contributed by atoms with Crippen molar-refractivity contribution in [1.82, 2.24) is 0 Å². The van der Waals surface area contributed by atoms with Crippen LogP contribution in [0.15, 0.2) is 0 Å². The molecule has 4 aliphatic carbocycles. The van der Waals surface area contributed by atoms with Crippen LogP contribution in [0.2, 0.25) is 0 Å². The summed E-state index contributed by atoms with van der Waals surface area (Å²) in [5, 5.41) is 0. The van der Waals surface area contributed by atoms with Crippen LogP contribution in [-0.4, -0.2) is 17.9 Å². The van der Waals surface area contributed by atoms with Gasteiger partial charge in [0, 0.05) is 12.8 Å².